The Morgan fingerprint density at radius 2 is 2.05 bits per heavy atom. The zero-order valence-electron chi connectivity index (χ0n) is 11.9. The molecule has 4 rings (SSSR count). The van der Waals surface area contributed by atoms with Crippen LogP contribution >= 0.6 is 0 Å². The number of carbonyl (C=O) groups is 1. The van der Waals surface area contributed by atoms with Crippen LogP contribution in [-0.4, -0.2) is 15.3 Å². The van der Waals surface area contributed by atoms with Crippen LogP contribution in [-0.2, 0) is 18.3 Å². The highest BCUT2D eigenvalue weighted by Crippen LogP contribution is 2.36. The molecule has 0 amide bonds. The van der Waals surface area contributed by atoms with Crippen molar-refractivity contribution in [2.75, 3.05) is 0 Å². The summed E-state index contributed by atoms with van der Waals surface area (Å²) in [6.45, 7) is 0. The van der Waals surface area contributed by atoms with E-state index in [2.05, 4.69) is 0 Å². The molecule has 0 saturated heterocycles. The van der Waals surface area contributed by atoms with Crippen molar-refractivity contribution in [2.24, 2.45) is 7.05 Å². The van der Waals surface area contributed by atoms with Crippen LogP contribution in [0.5, 0.6) is 0 Å². The lowest BCUT2D eigenvalue weighted by Gasteiger charge is -2.12. The first-order chi connectivity index (χ1) is 10.5. The van der Waals surface area contributed by atoms with Crippen LogP contribution in [0, 0.1) is 10.1 Å². The maximum atomic E-state index is 11.6. The van der Waals surface area contributed by atoms with Crippen molar-refractivity contribution < 1.29 is 9.72 Å². The fraction of sp³-hybridized carbons (Fsp3) is 0.118. The molecule has 108 valence electrons. The molecular weight excluding hydrogens is 280 g/mol. The highest BCUT2D eigenvalue weighted by Gasteiger charge is 2.20. The molecule has 0 aliphatic heterocycles. The number of nitro groups is 1. The van der Waals surface area contributed by atoms with Gasteiger partial charge in [0.25, 0.3) is 5.69 Å². The second-order valence-corrected chi connectivity index (χ2v) is 5.59. The predicted octanol–water partition coefficient (Wildman–Crippen LogP) is 3.38. The van der Waals surface area contributed by atoms with Crippen molar-refractivity contribution in [1.29, 1.82) is 0 Å². The van der Waals surface area contributed by atoms with Gasteiger partial charge in [-0.1, -0.05) is 12.1 Å². The number of aryl methyl sites for hydroxylation is 1. The Morgan fingerprint density at radius 1 is 1.23 bits per heavy atom. The number of hydrogen-bond acceptors (Lipinski definition) is 3. The lowest BCUT2D eigenvalue weighted by atomic mass is 9.92. The van der Waals surface area contributed by atoms with Gasteiger partial charge in [-0.05, 0) is 46.2 Å². The van der Waals surface area contributed by atoms with Gasteiger partial charge in [-0.15, -0.1) is 0 Å². The number of allylic oxidation sites excluding steroid dienone is 1. The van der Waals surface area contributed by atoms with E-state index in [4.69, 9.17) is 0 Å². The molecule has 2 aromatic carbocycles. The number of ketones is 1. The Kier molecular flexibility index (Phi) is 2.48. The molecule has 0 atom stereocenters. The Labute approximate surface area is 125 Å². The summed E-state index contributed by atoms with van der Waals surface area (Å²) in [4.78, 5) is 22.6. The van der Waals surface area contributed by atoms with Crippen molar-refractivity contribution in [1.82, 2.24) is 4.57 Å². The van der Waals surface area contributed by atoms with E-state index < -0.39 is 0 Å². The largest absolute Gasteiger partial charge is 0.344 e. The summed E-state index contributed by atoms with van der Waals surface area (Å²) in [5.74, 6) is 0.0570. The van der Waals surface area contributed by atoms with E-state index in [0.717, 1.165) is 27.4 Å². The molecule has 3 aromatic rings. The van der Waals surface area contributed by atoms with Gasteiger partial charge < -0.3 is 4.57 Å². The third kappa shape index (κ3) is 1.69. The quantitative estimate of drug-likeness (QED) is 0.510. The number of aromatic nitrogens is 1. The van der Waals surface area contributed by atoms with Crippen LogP contribution in [0.25, 0.3) is 27.8 Å². The van der Waals surface area contributed by atoms with Crippen LogP contribution in [0.3, 0.4) is 0 Å². The smallest absolute Gasteiger partial charge is 0.295 e. The molecular formula is C17H12N2O3. The predicted molar refractivity (Wildman–Crippen MR) is 84.8 cm³/mol. The Bertz CT molecular complexity index is 1010. The lowest BCUT2D eigenvalue weighted by Crippen LogP contribution is -2.05. The van der Waals surface area contributed by atoms with E-state index in [9.17, 15) is 14.9 Å². The van der Waals surface area contributed by atoms with Gasteiger partial charge in [0.15, 0.2) is 5.78 Å². The first kappa shape index (κ1) is 12.8. The summed E-state index contributed by atoms with van der Waals surface area (Å²) >= 11 is 0. The molecule has 1 heterocycles. The minimum Gasteiger partial charge on any atom is -0.344 e. The van der Waals surface area contributed by atoms with Crippen molar-refractivity contribution in [3.8, 4) is 0 Å². The van der Waals surface area contributed by atoms with Gasteiger partial charge >= 0.3 is 0 Å². The average Bonchev–Trinajstić information content (AvgIpc) is 2.83. The van der Waals surface area contributed by atoms with Gasteiger partial charge in [-0.2, -0.15) is 0 Å². The molecule has 5 nitrogen and oxygen atoms in total. The number of carbonyl (C=O) groups excluding carboxylic acids is 1. The fourth-order valence-corrected chi connectivity index (χ4v) is 3.18. The van der Waals surface area contributed by atoms with E-state index in [1.807, 2.05) is 30.3 Å². The van der Waals surface area contributed by atoms with E-state index >= 15 is 0 Å². The third-order valence-corrected chi connectivity index (χ3v) is 4.22. The van der Waals surface area contributed by atoms with Crippen LogP contribution < -0.4 is 0 Å². The van der Waals surface area contributed by atoms with Crippen LogP contribution in [0.4, 0.5) is 5.69 Å². The van der Waals surface area contributed by atoms with E-state index in [1.54, 1.807) is 17.7 Å². The van der Waals surface area contributed by atoms with Crippen LogP contribution in [0.2, 0.25) is 0 Å². The zero-order valence-corrected chi connectivity index (χ0v) is 11.9. The maximum absolute atomic E-state index is 11.6. The second kappa shape index (κ2) is 4.27. The molecule has 0 spiro atoms. The molecule has 0 fully saturated rings. The molecule has 22 heavy (non-hydrogen) atoms. The highest BCUT2D eigenvalue weighted by molar-refractivity contribution is 6.13. The van der Waals surface area contributed by atoms with Crippen molar-refractivity contribution in [2.45, 2.75) is 6.42 Å². The molecule has 1 aliphatic rings. The molecule has 0 N–H and O–H groups in total. The lowest BCUT2D eigenvalue weighted by molar-refractivity contribution is -0.383. The van der Waals surface area contributed by atoms with Crippen molar-refractivity contribution in [3.63, 3.8) is 0 Å². The Hall–Kier alpha value is -2.95. The van der Waals surface area contributed by atoms with Crippen LogP contribution in [0.15, 0.2) is 36.5 Å². The summed E-state index contributed by atoms with van der Waals surface area (Å²) in [6, 6.07) is 7.77. The van der Waals surface area contributed by atoms with Gasteiger partial charge in [0.1, 0.15) is 0 Å². The SMILES string of the molecule is Cn1cc([N+](=O)[O-])c2c3cc4c(cc3ccc21)C=CC(=O)C4. The number of rotatable bonds is 1. The minimum atomic E-state index is -0.355. The molecule has 5 heteroatoms. The van der Waals surface area contributed by atoms with Gasteiger partial charge in [-0.25, -0.2) is 0 Å². The molecule has 0 bridgehead atoms. The monoisotopic (exact) mass is 292 g/mol. The fourth-order valence-electron chi connectivity index (χ4n) is 3.18. The van der Waals surface area contributed by atoms with Crippen LogP contribution in [0.1, 0.15) is 11.1 Å². The summed E-state index contributed by atoms with van der Waals surface area (Å²) in [7, 11) is 1.80. The van der Waals surface area contributed by atoms with Gasteiger partial charge in [0.05, 0.1) is 22.0 Å². The number of fused-ring (bicyclic) bond motifs is 4. The molecule has 1 aromatic heterocycles. The molecule has 0 unspecified atom stereocenters. The summed E-state index contributed by atoms with van der Waals surface area (Å²) < 4.78 is 1.76. The van der Waals surface area contributed by atoms with Crippen molar-refractivity contribution in [3.05, 3.63) is 57.8 Å². The van der Waals surface area contributed by atoms with Gasteiger partial charge in [0.2, 0.25) is 0 Å². The van der Waals surface area contributed by atoms with E-state index in [0.29, 0.717) is 11.8 Å². The number of nitrogens with zero attached hydrogens (tertiary/aromatic N) is 2. The summed E-state index contributed by atoms with van der Waals surface area (Å²) in [6.07, 6.45) is 5.27. The Balaban J connectivity index is 2.15. The average molecular weight is 292 g/mol. The number of benzene rings is 2. The molecule has 0 radical (unpaired) electrons. The standard InChI is InChI=1S/C17H12N2O3/c1-18-9-16(19(21)22)17-14-8-12-7-13(20)4-2-10(12)6-11(14)3-5-15(17)18/h2-6,8-9H,7H2,1H3. The first-order valence-electron chi connectivity index (χ1n) is 6.94. The van der Waals surface area contributed by atoms with Gasteiger partial charge in [0, 0.05) is 13.5 Å². The number of hydrogen-bond donors (Lipinski definition) is 0. The normalized spacial score (nSPS) is 13.8. The third-order valence-electron chi connectivity index (χ3n) is 4.22. The van der Waals surface area contributed by atoms with E-state index in [-0.39, 0.29) is 16.4 Å². The second-order valence-electron chi connectivity index (χ2n) is 5.59. The topological polar surface area (TPSA) is 65.1 Å². The zero-order chi connectivity index (χ0) is 15.4. The summed E-state index contributed by atoms with van der Waals surface area (Å²) in [5, 5.41) is 13.7. The molecule has 0 saturated carbocycles. The Morgan fingerprint density at radius 3 is 2.82 bits per heavy atom. The molecule has 1 aliphatic carbocycles. The van der Waals surface area contributed by atoms with E-state index in [1.165, 1.54) is 6.20 Å². The maximum Gasteiger partial charge on any atom is 0.295 e. The van der Waals surface area contributed by atoms with Crippen molar-refractivity contribution >= 4 is 39.2 Å². The first-order valence-corrected chi connectivity index (χ1v) is 6.94. The minimum absolute atomic E-state index is 0.0570. The highest BCUT2D eigenvalue weighted by atomic mass is 16.6. The van der Waals surface area contributed by atoms with Gasteiger partial charge in [-0.3, -0.25) is 14.9 Å². The summed E-state index contributed by atoms with van der Waals surface area (Å²) in [5.41, 5.74) is 2.84.